The number of rotatable bonds is 4. The molecule has 1 saturated heterocycles. The summed E-state index contributed by atoms with van der Waals surface area (Å²) in [6.45, 7) is 4.48. The number of aryl methyl sites for hydroxylation is 1. The second-order valence-corrected chi connectivity index (χ2v) is 7.74. The highest BCUT2D eigenvalue weighted by molar-refractivity contribution is 6.30. The van der Waals surface area contributed by atoms with Crippen molar-refractivity contribution in [2.75, 3.05) is 13.1 Å². The first-order valence-corrected chi connectivity index (χ1v) is 9.96. The summed E-state index contributed by atoms with van der Waals surface area (Å²) in [6, 6.07) is 9.97. The number of nitrogens with one attached hydrogen (secondary N) is 1. The molecular weight excluding hydrogens is 378 g/mol. The van der Waals surface area contributed by atoms with Gasteiger partial charge in [0.25, 0.3) is 0 Å². The minimum Gasteiger partial charge on any atom is -0.507 e. The van der Waals surface area contributed by atoms with Gasteiger partial charge in [0.15, 0.2) is 5.58 Å². The van der Waals surface area contributed by atoms with E-state index >= 15 is 0 Å². The predicted octanol–water partition coefficient (Wildman–Crippen LogP) is 3.82. The predicted molar refractivity (Wildman–Crippen MR) is 109 cm³/mol. The van der Waals surface area contributed by atoms with Crippen LogP contribution in [0.25, 0.3) is 11.0 Å². The lowest BCUT2D eigenvalue weighted by atomic mass is 10.1. The maximum Gasteiger partial charge on any atom is 0.235 e. The maximum absolute atomic E-state index is 13.1. The van der Waals surface area contributed by atoms with Crippen LogP contribution in [0.4, 0.5) is 0 Å². The van der Waals surface area contributed by atoms with Gasteiger partial charge in [-0.3, -0.25) is 4.79 Å². The van der Waals surface area contributed by atoms with Gasteiger partial charge in [0.1, 0.15) is 23.8 Å². The molecule has 1 aromatic heterocycles. The maximum atomic E-state index is 13.1. The van der Waals surface area contributed by atoms with Gasteiger partial charge in [-0.25, -0.2) is 0 Å². The molecule has 0 amide bonds. The molecule has 0 spiro atoms. The largest absolute Gasteiger partial charge is 0.507 e. The van der Waals surface area contributed by atoms with E-state index in [1.807, 2.05) is 0 Å². The Bertz CT molecular complexity index is 1050. The molecule has 28 heavy (non-hydrogen) atoms. The average Bonchev–Trinajstić information content (AvgIpc) is 2.70. The number of aromatic hydroxyl groups is 1. The number of halogens is 1. The van der Waals surface area contributed by atoms with Crippen LogP contribution in [0, 0.1) is 6.92 Å². The minimum absolute atomic E-state index is 0.150. The highest BCUT2D eigenvalue weighted by Gasteiger charge is 2.22. The Kier molecular flexibility index (Phi) is 5.29. The molecule has 6 heteroatoms. The number of phenolic OH excluding ortho intramolecular Hbond substituents is 1. The second kappa shape index (κ2) is 7.86. The van der Waals surface area contributed by atoms with Gasteiger partial charge in [0.2, 0.25) is 11.2 Å². The van der Waals surface area contributed by atoms with Gasteiger partial charge in [0, 0.05) is 5.02 Å². The number of piperidine rings is 1. The molecule has 0 saturated carbocycles. The average molecular weight is 401 g/mol. The van der Waals surface area contributed by atoms with E-state index in [2.05, 4.69) is 0 Å². The lowest BCUT2D eigenvalue weighted by molar-refractivity contribution is -0.918. The molecule has 1 fully saturated rings. The fraction of sp³-hybridized carbons (Fsp3) is 0.318. The molecule has 0 unspecified atom stereocenters. The quantitative estimate of drug-likeness (QED) is 0.698. The lowest BCUT2D eigenvalue weighted by Crippen LogP contribution is -3.11. The fourth-order valence-corrected chi connectivity index (χ4v) is 3.91. The number of quaternary nitrogens is 1. The van der Waals surface area contributed by atoms with E-state index in [1.165, 1.54) is 24.2 Å². The smallest absolute Gasteiger partial charge is 0.235 e. The Balaban J connectivity index is 1.75. The van der Waals surface area contributed by atoms with Crippen molar-refractivity contribution in [2.45, 2.75) is 32.7 Å². The Hall–Kier alpha value is -2.50. The molecule has 0 bridgehead atoms. The van der Waals surface area contributed by atoms with Gasteiger partial charge in [-0.2, -0.15) is 0 Å². The van der Waals surface area contributed by atoms with Gasteiger partial charge in [-0.15, -0.1) is 0 Å². The van der Waals surface area contributed by atoms with E-state index in [0.29, 0.717) is 39.6 Å². The van der Waals surface area contributed by atoms with Crippen molar-refractivity contribution in [3.63, 3.8) is 0 Å². The van der Waals surface area contributed by atoms with Crippen LogP contribution in [0.2, 0.25) is 5.02 Å². The van der Waals surface area contributed by atoms with Crippen molar-refractivity contribution in [1.29, 1.82) is 0 Å². The van der Waals surface area contributed by atoms with E-state index in [0.717, 1.165) is 13.1 Å². The molecule has 2 aromatic carbocycles. The first-order valence-electron chi connectivity index (χ1n) is 9.58. The molecule has 2 N–H and O–H groups in total. The molecule has 0 aliphatic carbocycles. The summed E-state index contributed by atoms with van der Waals surface area (Å²) in [6.07, 6.45) is 3.62. The summed E-state index contributed by atoms with van der Waals surface area (Å²) in [4.78, 5) is 14.5. The zero-order valence-corrected chi connectivity index (χ0v) is 16.5. The van der Waals surface area contributed by atoms with Crippen LogP contribution in [0.5, 0.6) is 17.2 Å². The molecule has 2 heterocycles. The molecule has 4 rings (SSSR count). The number of hydrogen-bond acceptors (Lipinski definition) is 4. The zero-order valence-electron chi connectivity index (χ0n) is 15.8. The number of fused-ring (bicyclic) bond motifs is 1. The van der Waals surface area contributed by atoms with Crippen LogP contribution in [-0.2, 0) is 6.54 Å². The van der Waals surface area contributed by atoms with Gasteiger partial charge in [-0.1, -0.05) is 11.6 Å². The number of phenols is 1. The zero-order chi connectivity index (χ0) is 19.7. The third kappa shape index (κ3) is 3.73. The molecular formula is C22H23ClNO4+. The normalized spacial score (nSPS) is 15.1. The van der Waals surface area contributed by atoms with E-state index < -0.39 is 0 Å². The first-order chi connectivity index (χ1) is 13.5. The van der Waals surface area contributed by atoms with Crippen LogP contribution in [-0.4, -0.2) is 18.2 Å². The molecule has 1 aliphatic rings. The standard InChI is InChI=1S/C22H22ClNO4/c1-14-21(28-16-7-5-15(23)6-8-16)20(26)17-9-10-19(25)18(22(17)27-14)13-24-11-3-2-4-12-24/h5-10,25H,2-4,11-13H2,1H3/p+1. The van der Waals surface area contributed by atoms with E-state index in [-0.39, 0.29) is 16.9 Å². The van der Waals surface area contributed by atoms with Crippen LogP contribution < -0.4 is 15.1 Å². The van der Waals surface area contributed by atoms with Crippen molar-refractivity contribution in [1.82, 2.24) is 0 Å². The highest BCUT2D eigenvalue weighted by atomic mass is 35.5. The van der Waals surface area contributed by atoms with Crippen molar-refractivity contribution < 1.29 is 19.2 Å². The van der Waals surface area contributed by atoms with Gasteiger partial charge in [0.05, 0.1) is 24.0 Å². The third-order valence-corrected chi connectivity index (χ3v) is 5.53. The van der Waals surface area contributed by atoms with Crippen molar-refractivity contribution in [3.8, 4) is 17.2 Å². The monoisotopic (exact) mass is 400 g/mol. The second-order valence-electron chi connectivity index (χ2n) is 7.30. The molecule has 3 aromatic rings. The minimum atomic E-state index is -0.247. The highest BCUT2D eigenvalue weighted by Crippen LogP contribution is 2.30. The van der Waals surface area contributed by atoms with E-state index in [9.17, 15) is 9.90 Å². The SMILES string of the molecule is Cc1oc2c(C[NH+]3CCCCC3)c(O)ccc2c(=O)c1Oc1ccc(Cl)cc1. The van der Waals surface area contributed by atoms with Crippen LogP contribution in [0.15, 0.2) is 45.6 Å². The molecule has 1 aliphatic heterocycles. The summed E-state index contributed by atoms with van der Waals surface area (Å²) < 4.78 is 11.8. The fourth-order valence-electron chi connectivity index (χ4n) is 3.78. The Morgan fingerprint density at radius 3 is 2.54 bits per heavy atom. The Morgan fingerprint density at radius 2 is 1.82 bits per heavy atom. The molecule has 0 radical (unpaired) electrons. The molecule has 0 atom stereocenters. The van der Waals surface area contributed by atoms with Crippen molar-refractivity contribution >= 4 is 22.6 Å². The Morgan fingerprint density at radius 1 is 1.11 bits per heavy atom. The lowest BCUT2D eigenvalue weighted by Gasteiger charge is -2.24. The van der Waals surface area contributed by atoms with Crippen molar-refractivity contribution in [2.24, 2.45) is 0 Å². The van der Waals surface area contributed by atoms with E-state index in [1.54, 1.807) is 43.3 Å². The van der Waals surface area contributed by atoms with Crippen LogP contribution in [0.1, 0.15) is 30.6 Å². The molecule has 146 valence electrons. The number of hydrogen-bond donors (Lipinski definition) is 2. The number of benzene rings is 2. The number of ether oxygens (including phenoxy) is 1. The topological polar surface area (TPSA) is 64.1 Å². The number of likely N-dealkylation sites (tertiary alicyclic amines) is 1. The van der Waals surface area contributed by atoms with Gasteiger partial charge >= 0.3 is 0 Å². The van der Waals surface area contributed by atoms with Gasteiger partial charge < -0.3 is 19.2 Å². The molecule has 5 nitrogen and oxygen atoms in total. The van der Waals surface area contributed by atoms with Crippen LogP contribution >= 0.6 is 11.6 Å². The van der Waals surface area contributed by atoms with Crippen LogP contribution in [0.3, 0.4) is 0 Å². The summed E-state index contributed by atoms with van der Waals surface area (Å²) >= 11 is 5.91. The summed E-state index contributed by atoms with van der Waals surface area (Å²) in [5, 5.41) is 11.4. The summed E-state index contributed by atoms with van der Waals surface area (Å²) in [5.74, 6) is 1.21. The third-order valence-electron chi connectivity index (χ3n) is 5.28. The summed E-state index contributed by atoms with van der Waals surface area (Å²) in [5.41, 5.74) is 0.889. The summed E-state index contributed by atoms with van der Waals surface area (Å²) in [7, 11) is 0. The van der Waals surface area contributed by atoms with Crippen molar-refractivity contribution in [3.05, 3.63) is 63.0 Å². The Labute approximate surface area is 168 Å². The van der Waals surface area contributed by atoms with Gasteiger partial charge in [-0.05, 0) is 62.6 Å². The van der Waals surface area contributed by atoms with E-state index in [4.69, 9.17) is 20.8 Å². The first kappa shape index (κ1) is 18.8.